The molecule has 5 rings (SSSR count). The predicted octanol–water partition coefficient (Wildman–Crippen LogP) is 2.73. The molecule has 4 saturated heterocycles. The first-order chi connectivity index (χ1) is 17.3. The number of hydrogen-bond acceptors (Lipinski definition) is 10. The summed E-state index contributed by atoms with van der Waals surface area (Å²) in [5, 5.41) is 41.3. The number of carboxylic acids is 2. The van der Waals surface area contributed by atoms with E-state index >= 15 is 0 Å². The minimum Gasteiger partial charge on any atom is -0.481 e. The van der Waals surface area contributed by atoms with Gasteiger partial charge in [0.15, 0.2) is 0 Å². The number of fused-ring (bicyclic) bond motifs is 1. The first-order valence-corrected chi connectivity index (χ1v) is 14.1. The van der Waals surface area contributed by atoms with Crippen LogP contribution in [0.5, 0.6) is 0 Å². The number of rotatable bonds is 12. The average molecular weight is 541 g/mol. The molecule has 3 N–H and O–H groups in total. The fourth-order valence-electron chi connectivity index (χ4n) is 5.48. The maximum atomic E-state index is 13.0. The zero-order valence-corrected chi connectivity index (χ0v) is 21.0. The smallest absolute Gasteiger partial charge is 0.364 e. The van der Waals surface area contributed by atoms with Crippen LogP contribution >= 0.6 is 23.5 Å². The molecular weight excluding hydrogens is 512 g/mol. The third kappa shape index (κ3) is 4.71. The third-order valence-electron chi connectivity index (χ3n) is 7.13. The molecule has 7 atom stereocenters. The van der Waals surface area contributed by atoms with E-state index in [9.17, 15) is 19.2 Å². The van der Waals surface area contributed by atoms with Gasteiger partial charge >= 0.3 is 24.0 Å². The van der Waals surface area contributed by atoms with E-state index in [4.69, 9.17) is 10.2 Å². The van der Waals surface area contributed by atoms with E-state index in [1.165, 1.54) is 15.0 Å². The van der Waals surface area contributed by atoms with Crippen molar-refractivity contribution in [3.05, 3.63) is 0 Å². The molecule has 0 spiro atoms. The summed E-state index contributed by atoms with van der Waals surface area (Å²) in [6.07, 6.45) is 4.27. The minimum absolute atomic E-state index is 0.00474. The highest BCUT2D eigenvalue weighted by Gasteiger charge is 2.62. The van der Waals surface area contributed by atoms with Crippen LogP contribution in [0, 0.1) is 0 Å². The lowest BCUT2D eigenvalue weighted by molar-refractivity contribution is -0.138. The van der Waals surface area contributed by atoms with Gasteiger partial charge in [-0.05, 0) is 36.1 Å². The van der Waals surface area contributed by atoms with Gasteiger partial charge in [0.05, 0.1) is 18.1 Å². The number of unbranched alkanes of at least 4 members (excludes halogenated alkanes) is 2. The summed E-state index contributed by atoms with van der Waals surface area (Å²) in [5.74, 6) is -0.905. The Kier molecular flexibility index (Phi) is 7.23. The van der Waals surface area contributed by atoms with E-state index in [-0.39, 0.29) is 58.9 Å². The summed E-state index contributed by atoms with van der Waals surface area (Å²) < 4.78 is 0. The number of thioether (sulfide) groups is 2. The van der Waals surface area contributed by atoms with Crippen molar-refractivity contribution in [3.8, 4) is 0 Å². The Hall–Kier alpha value is -2.62. The molecule has 5 aliphatic rings. The number of hydrogen-bond donors (Lipinski definition) is 3. The van der Waals surface area contributed by atoms with Crippen LogP contribution in [0.3, 0.4) is 0 Å². The SMILES string of the molecule is O=C(O)CCCC[C@H]1SC2N=NN3C(=O)N(/N=N/N4C(=O)N[C@@H]5CS[C@H](CCCCC(=O)O)[C@@H]54)[C@@H]1[C@@H]23. The minimum atomic E-state index is -0.829. The Labute approximate surface area is 215 Å². The summed E-state index contributed by atoms with van der Waals surface area (Å²) in [5.41, 5.74) is 0. The van der Waals surface area contributed by atoms with E-state index in [2.05, 4.69) is 26.1 Å². The maximum absolute atomic E-state index is 13.0. The predicted molar refractivity (Wildman–Crippen MR) is 128 cm³/mol. The molecule has 0 saturated carbocycles. The van der Waals surface area contributed by atoms with Crippen LogP contribution in [-0.2, 0) is 9.59 Å². The molecule has 0 aliphatic carbocycles. The number of aliphatic carboxylic acids is 2. The Bertz CT molecular complexity index is 984. The fourth-order valence-corrected chi connectivity index (χ4v) is 8.68. The average Bonchev–Trinajstić information content (AvgIpc) is 3.60. The molecule has 0 aromatic heterocycles. The van der Waals surface area contributed by atoms with E-state index in [0.29, 0.717) is 25.7 Å². The zero-order chi connectivity index (χ0) is 25.4. The number of carboxylic acid groups (broad SMARTS) is 2. The normalized spacial score (nSPS) is 34.2. The number of carbonyl (C=O) groups excluding carboxylic acids is 2. The molecule has 0 aromatic rings. The van der Waals surface area contributed by atoms with Crippen LogP contribution in [0.4, 0.5) is 9.59 Å². The number of nitrogens with one attached hydrogen (secondary N) is 1. The molecule has 5 aliphatic heterocycles. The Morgan fingerprint density at radius 2 is 1.61 bits per heavy atom. The van der Waals surface area contributed by atoms with E-state index in [1.807, 2.05) is 0 Å². The summed E-state index contributed by atoms with van der Waals surface area (Å²) in [4.78, 5) is 47.3. The first-order valence-electron chi connectivity index (χ1n) is 12.1. The molecule has 14 nitrogen and oxygen atoms in total. The molecule has 4 fully saturated rings. The highest BCUT2D eigenvalue weighted by atomic mass is 32.2. The molecule has 16 heteroatoms. The van der Waals surface area contributed by atoms with Crippen molar-refractivity contribution in [2.45, 2.75) is 91.4 Å². The van der Waals surface area contributed by atoms with Crippen LogP contribution in [-0.4, -0.2) is 95.0 Å². The van der Waals surface area contributed by atoms with Gasteiger partial charge in [0.1, 0.15) is 11.4 Å². The van der Waals surface area contributed by atoms with E-state index < -0.39 is 18.0 Å². The summed E-state index contributed by atoms with van der Waals surface area (Å²) in [6.45, 7) is 0. The van der Waals surface area contributed by atoms with Gasteiger partial charge in [0.25, 0.3) is 0 Å². The monoisotopic (exact) mass is 540 g/mol. The molecule has 4 amide bonds. The Morgan fingerprint density at radius 1 is 0.944 bits per heavy atom. The van der Waals surface area contributed by atoms with Gasteiger partial charge in [-0.3, -0.25) is 9.59 Å². The summed E-state index contributed by atoms with van der Waals surface area (Å²) in [6, 6.07) is -1.66. The molecule has 0 radical (unpaired) electrons. The third-order valence-corrected chi connectivity index (χ3v) is 10.1. The molecule has 0 aromatic carbocycles. The fraction of sp³-hybridized carbons (Fsp3) is 0.800. The van der Waals surface area contributed by atoms with Crippen LogP contribution in [0.1, 0.15) is 51.4 Å². The number of carbonyl (C=O) groups is 4. The zero-order valence-electron chi connectivity index (χ0n) is 19.4. The number of urea groups is 2. The maximum Gasteiger partial charge on any atom is 0.364 e. The lowest BCUT2D eigenvalue weighted by Gasteiger charge is -2.24. The molecule has 196 valence electrons. The second-order valence-corrected chi connectivity index (χ2v) is 12.1. The van der Waals surface area contributed by atoms with Crippen LogP contribution in [0.25, 0.3) is 0 Å². The van der Waals surface area contributed by atoms with Crippen molar-refractivity contribution in [2.24, 2.45) is 20.8 Å². The Morgan fingerprint density at radius 3 is 2.31 bits per heavy atom. The van der Waals surface area contributed by atoms with Crippen molar-refractivity contribution in [2.75, 3.05) is 5.75 Å². The Balaban J connectivity index is 1.26. The highest BCUT2D eigenvalue weighted by Crippen LogP contribution is 2.50. The van der Waals surface area contributed by atoms with Crippen molar-refractivity contribution in [3.63, 3.8) is 0 Å². The van der Waals surface area contributed by atoms with E-state index in [0.717, 1.165) is 18.6 Å². The van der Waals surface area contributed by atoms with Crippen molar-refractivity contribution < 1.29 is 29.4 Å². The topological polar surface area (TPSA) is 180 Å². The molecule has 1 unspecified atom stereocenters. The van der Waals surface area contributed by atoms with Gasteiger partial charge in [-0.1, -0.05) is 18.1 Å². The molecule has 0 bridgehead atoms. The highest BCUT2D eigenvalue weighted by molar-refractivity contribution is 8.01. The van der Waals surface area contributed by atoms with Gasteiger partial charge < -0.3 is 15.5 Å². The lowest BCUT2D eigenvalue weighted by Crippen LogP contribution is -2.40. The van der Waals surface area contributed by atoms with Crippen molar-refractivity contribution in [1.82, 2.24) is 20.3 Å². The summed E-state index contributed by atoms with van der Waals surface area (Å²) >= 11 is 3.34. The quantitative estimate of drug-likeness (QED) is 0.192. The lowest BCUT2D eigenvalue weighted by atomic mass is 10.0. The van der Waals surface area contributed by atoms with Crippen LogP contribution in [0.15, 0.2) is 20.8 Å². The largest absolute Gasteiger partial charge is 0.481 e. The van der Waals surface area contributed by atoms with Gasteiger partial charge in [0, 0.05) is 29.1 Å². The van der Waals surface area contributed by atoms with Gasteiger partial charge in [-0.2, -0.15) is 31.9 Å². The standard InChI is InChI=1S/C20H28N8O6S2/c29-13(30)7-3-1-5-11-15-10(9-35-11)21-19(33)26(15)24-25-27-16-12(6-2-4-8-14(31)32)36-18-17(16)28(20(27)34)23-22-18/h10-12,15-18H,1-9H2,(H,21,33)(H,29,30)(H,31,32)/b25-24+/t10-,11-,12-,15-,16+,17+,18?/m1/s1. The van der Waals surface area contributed by atoms with Crippen molar-refractivity contribution in [1.29, 1.82) is 0 Å². The van der Waals surface area contributed by atoms with Crippen LogP contribution in [0.2, 0.25) is 0 Å². The van der Waals surface area contributed by atoms with Crippen molar-refractivity contribution >= 4 is 47.5 Å². The molecule has 5 heterocycles. The summed E-state index contributed by atoms with van der Waals surface area (Å²) in [7, 11) is 0. The second-order valence-electron chi connectivity index (χ2n) is 9.44. The van der Waals surface area contributed by atoms with Gasteiger partial charge in [-0.25, -0.2) is 9.59 Å². The van der Waals surface area contributed by atoms with Crippen LogP contribution < -0.4 is 5.32 Å². The second kappa shape index (κ2) is 10.4. The molecule has 36 heavy (non-hydrogen) atoms. The number of amides is 4. The first kappa shape index (κ1) is 25.0. The number of nitrogens with zero attached hydrogens (tertiary/aromatic N) is 7. The molecular formula is C20H28N8O6S2. The van der Waals surface area contributed by atoms with Gasteiger partial charge in [-0.15, -0.1) is 11.8 Å². The van der Waals surface area contributed by atoms with E-state index in [1.54, 1.807) is 23.5 Å². The van der Waals surface area contributed by atoms with Gasteiger partial charge in [0.2, 0.25) is 0 Å².